The quantitative estimate of drug-likeness (QED) is 0.411. The Balaban J connectivity index is 1.21. The third-order valence-electron chi connectivity index (χ3n) is 6.86. The third-order valence-corrected chi connectivity index (χ3v) is 7.19. The lowest BCUT2D eigenvalue weighted by Crippen LogP contribution is -2.19. The number of aromatic nitrogens is 5. The van der Waals surface area contributed by atoms with Gasteiger partial charge in [-0.3, -0.25) is 9.89 Å². The van der Waals surface area contributed by atoms with Gasteiger partial charge in [-0.1, -0.05) is 37.3 Å². The number of ether oxygens (including phenoxy) is 2. The summed E-state index contributed by atoms with van der Waals surface area (Å²) >= 11 is 6.47. The fourth-order valence-corrected chi connectivity index (χ4v) is 5.10. The normalized spacial score (nSPS) is 18.3. The van der Waals surface area contributed by atoms with Gasteiger partial charge in [0.05, 0.1) is 17.3 Å². The number of amides is 1. The molecule has 2 aliphatic rings. The number of H-pyrrole nitrogens is 1. The van der Waals surface area contributed by atoms with Crippen molar-refractivity contribution < 1.29 is 14.3 Å². The molecule has 0 bridgehead atoms. The van der Waals surface area contributed by atoms with E-state index in [1.54, 1.807) is 12.1 Å². The molecule has 190 valence electrons. The van der Waals surface area contributed by atoms with Crippen LogP contribution in [-0.4, -0.2) is 50.9 Å². The van der Waals surface area contributed by atoms with Crippen LogP contribution in [0.5, 0.6) is 5.75 Å². The fourth-order valence-electron chi connectivity index (χ4n) is 4.89. The Morgan fingerprint density at radius 1 is 1.14 bits per heavy atom. The smallest absolute Gasteiger partial charge is 0.296 e. The summed E-state index contributed by atoms with van der Waals surface area (Å²) in [5.41, 5.74) is 1.28. The van der Waals surface area contributed by atoms with Crippen LogP contribution in [0.15, 0.2) is 30.6 Å². The number of carbonyl (C=O) groups excluding carboxylic acids is 1. The molecular formula is C26H31ClN6O3. The minimum absolute atomic E-state index is 0.0972. The van der Waals surface area contributed by atoms with Gasteiger partial charge in [-0.2, -0.15) is 0 Å². The number of halogens is 1. The number of nitrogens with one attached hydrogen (secondary N) is 2. The van der Waals surface area contributed by atoms with Crippen molar-refractivity contribution in [2.75, 3.05) is 25.1 Å². The average Bonchev–Trinajstić information content (AvgIpc) is 3.59. The van der Waals surface area contributed by atoms with Crippen LogP contribution < -0.4 is 10.1 Å². The first-order valence-electron chi connectivity index (χ1n) is 12.7. The van der Waals surface area contributed by atoms with Gasteiger partial charge in [0.25, 0.3) is 5.91 Å². The molecule has 0 radical (unpaired) electrons. The third kappa shape index (κ3) is 6.39. The Morgan fingerprint density at radius 2 is 2.00 bits per heavy atom. The highest BCUT2D eigenvalue weighted by Crippen LogP contribution is 2.31. The number of hydrogen-bond acceptors (Lipinski definition) is 7. The van der Waals surface area contributed by atoms with Gasteiger partial charge < -0.3 is 14.8 Å². The molecule has 2 fully saturated rings. The second-order valence-electron chi connectivity index (χ2n) is 9.56. The molecule has 36 heavy (non-hydrogen) atoms. The molecular weight excluding hydrogens is 480 g/mol. The number of carbonyl (C=O) groups is 1. The van der Waals surface area contributed by atoms with Crippen molar-refractivity contribution in [3.63, 3.8) is 0 Å². The highest BCUT2D eigenvalue weighted by molar-refractivity contribution is 6.33. The standard InChI is InChI=1S/C26H31ClN6O3/c27-21-8-7-19(36-11-9-18-6-3-10-35-15-18)13-20(21)22-14-23(29-16-28-22)31-26(34)25-30-24(32-33-25)12-17-4-1-2-5-17/h7-8,13-14,16-18H,1-6,9-12,15H2,(H,30,32,33)(H,28,29,31,34). The molecule has 10 heteroatoms. The minimum Gasteiger partial charge on any atom is -0.494 e. The highest BCUT2D eigenvalue weighted by Gasteiger charge is 2.20. The van der Waals surface area contributed by atoms with E-state index in [2.05, 4.69) is 30.5 Å². The Bertz CT molecular complexity index is 1170. The molecule has 1 saturated carbocycles. The second kappa shape index (κ2) is 11.8. The van der Waals surface area contributed by atoms with E-state index in [9.17, 15) is 4.79 Å². The van der Waals surface area contributed by atoms with Crippen LogP contribution in [0, 0.1) is 11.8 Å². The predicted molar refractivity (Wildman–Crippen MR) is 136 cm³/mol. The molecule has 1 aliphatic heterocycles. The number of aromatic amines is 1. The van der Waals surface area contributed by atoms with E-state index < -0.39 is 5.91 Å². The van der Waals surface area contributed by atoms with E-state index in [1.807, 2.05) is 12.1 Å². The molecule has 2 N–H and O–H groups in total. The van der Waals surface area contributed by atoms with Crippen molar-refractivity contribution in [1.82, 2.24) is 25.1 Å². The van der Waals surface area contributed by atoms with Crippen LogP contribution in [-0.2, 0) is 11.2 Å². The van der Waals surface area contributed by atoms with E-state index in [1.165, 1.54) is 38.4 Å². The Hall–Kier alpha value is -3.04. The van der Waals surface area contributed by atoms with Gasteiger partial charge in [-0.05, 0) is 49.3 Å². The number of benzene rings is 1. The van der Waals surface area contributed by atoms with Crippen molar-refractivity contribution in [2.24, 2.45) is 11.8 Å². The van der Waals surface area contributed by atoms with E-state index in [0.717, 1.165) is 38.3 Å². The fraction of sp³-hybridized carbons (Fsp3) is 0.500. The van der Waals surface area contributed by atoms with Crippen molar-refractivity contribution in [2.45, 2.75) is 51.4 Å². The van der Waals surface area contributed by atoms with Crippen LogP contribution >= 0.6 is 11.6 Å². The van der Waals surface area contributed by atoms with Gasteiger partial charge in [0.1, 0.15) is 23.7 Å². The maximum atomic E-state index is 12.7. The summed E-state index contributed by atoms with van der Waals surface area (Å²) in [5, 5.41) is 10.3. The van der Waals surface area contributed by atoms with Crippen LogP contribution in [0.25, 0.3) is 11.3 Å². The summed E-state index contributed by atoms with van der Waals surface area (Å²) in [7, 11) is 0. The van der Waals surface area contributed by atoms with E-state index in [0.29, 0.717) is 46.3 Å². The highest BCUT2D eigenvalue weighted by atomic mass is 35.5. The van der Waals surface area contributed by atoms with Gasteiger partial charge in [-0.15, -0.1) is 5.10 Å². The van der Waals surface area contributed by atoms with Gasteiger partial charge in [-0.25, -0.2) is 15.0 Å². The summed E-state index contributed by atoms with van der Waals surface area (Å²) in [6.45, 7) is 2.28. The van der Waals surface area contributed by atoms with Crippen molar-refractivity contribution in [3.05, 3.63) is 47.3 Å². The Labute approximate surface area is 215 Å². The van der Waals surface area contributed by atoms with Gasteiger partial charge in [0.2, 0.25) is 5.82 Å². The van der Waals surface area contributed by atoms with Gasteiger partial charge in [0.15, 0.2) is 0 Å². The molecule has 9 nitrogen and oxygen atoms in total. The first kappa shape index (κ1) is 24.6. The molecule has 1 unspecified atom stereocenters. The largest absolute Gasteiger partial charge is 0.494 e. The predicted octanol–water partition coefficient (Wildman–Crippen LogP) is 5.10. The number of nitrogens with zero attached hydrogens (tertiary/aromatic N) is 4. The molecule has 3 aromatic rings. The van der Waals surface area contributed by atoms with E-state index >= 15 is 0 Å². The molecule has 1 atom stereocenters. The average molecular weight is 511 g/mol. The summed E-state index contributed by atoms with van der Waals surface area (Å²) in [5.74, 6) is 2.63. The number of rotatable bonds is 9. The molecule has 3 heterocycles. The van der Waals surface area contributed by atoms with Crippen LogP contribution in [0.3, 0.4) is 0 Å². The van der Waals surface area contributed by atoms with Gasteiger partial charge in [0, 0.05) is 31.3 Å². The van der Waals surface area contributed by atoms with E-state index in [4.69, 9.17) is 21.1 Å². The van der Waals surface area contributed by atoms with Crippen molar-refractivity contribution in [3.8, 4) is 17.0 Å². The van der Waals surface area contributed by atoms with Crippen LogP contribution in [0.4, 0.5) is 5.82 Å². The lowest BCUT2D eigenvalue weighted by molar-refractivity contribution is 0.0462. The first-order valence-corrected chi connectivity index (χ1v) is 13.1. The lowest BCUT2D eigenvalue weighted by Gasteiger charge is -2.21. The maximum absolute atomic E-state index is 12.7. The molecule has 1 aliphatic carbocycles. The van der Waals surface area contributed by atoms with Gasteiger partial charge >= 0.3 is 0 Å². The number of anilines is 1. The van der Waals surface area contributed by atoms with Crippen molar-refractivity contribution >= 4 is 23.3 Å². The van der Waals surface area contributed by atoms with Crippen LogP contribution in [0.1, 0.15) is 61.4 Å². The molecule has 5 rings (SSSR count). The molecule has 1 aromatic carbocycles. The molecule has 1 amide bonds. The zero-order chi connectivity index (χ0) is 24.7. The zero-order valence-corrected chi connectivity index (χ0v) is 21.0. The van der Waals surface area contributed by atoms with Crippen LogP contribution in [0.2, 0.25) is 5.02 Å². The number of hydrogen-bond donors (Lipinski definition) is 2. The topological polar surface area (TPSA) is 115 Å². The summed E-state index contributed by atoms with van der Waals surface area (Å²) < 4.78 is 11.5. The Kier molecular flexibility index (Phi) is 8.08. The molecule has 0 spiro atoms. The second-order valence-corrected chi connectivity index (χ2v) is 9.97. The molecule has 2 aromatic heterocycles. The maximum Gasteiger partial charge on any atom is 0.296 e. The summed E-state index contributed by atoms with van der Waals surface area (Å²) in [4.78, 5) is 25.6. The lowest BCUT2D eigenvalue weighted by atomic mass is 9.99. The monoisotopic (exact) mass is 510 g/mol. The summed E-state index contributed by atoms with van der Waals surface area (Å²) in [6.07, 6.45) is 10.4. The zero-order valence-electron chi connectivity index (χ0n) is 20.2. The van der Waals surface area contributed by atoms with E-state index in [-0.39, 0.29) is 5.82 Å². The minimum atomic E-state index is -0.427. The van der Waals surface area contributed by atoms with Crippen molar-refractivity contribution in [1.29, 1.82) is 0 Å². The Morgan fingerprint density at radius 3 is 2.83 bits per heavy atom. The summed E-state index contributed by atoms with van der Waals surface area (Å²) in [6, 6.07) is 7.17. The first-order chi connectivity index (χ1) is 17.6. The molecule has 1 saturated heterocycles. The SMILES string of the molecule is O=C(Nc1cc(-c2cc(OCCC3CCCOC3)ccc2Cl)ncn1)c1n[nH]c(CC2CCCC2)n1.